The normalized spacial score (nSPS) is 28.1. The van der Waals surface area contributed by atoms with Gasteiger partial charge in [-0.25, -0.2) is 4.68 Å². The summed E-state index contributed by atoms with van der Waals surface area (Å²) in [7, 11) is 0. The van der Waals surface area contributed by atoms with Crippen molar-refractivity contribution in [3.63, 3.8) is 0 Å². The van der Waals surface area contributed by atoms with Gasteiger partial charge in [-0.3, -0.25) is 0 Å². The third-order valence-electron chi connectivity index (χ3n) is 3.36. The summed E-state index contributed by atoms with van der Waals surface area (Å²) in [5.74, 6) is 0. The lowest BCUT2D eigenvalue weighted by atomic mass is 10.2. The Labute approximate surface area is 104 Å². The zero-order valence-electron chi connectivity index (χ0n) is 10.0. The summed E-state index contributed by atoms with van der Waals surface area (Å²) in [6.45, 7) is 1.78. The third kappa shape index (κ3) is 1.69. The van der Waals surface area contributed by atoms with E-state index in [2.05, 4.69) is 10.3 Å². The molecule has 18 heavy (non-hydrogen) atoms. The molecule has 96 valence electrons. The molecule has 2 heterocycles. The van der Waals surface area contributed by atoms with Crippen molar-refractivity contribution in [2.75, 3.05) is 6.61 Å². The Hall–Kier alpha value is -1.50. The molecule has 0 spiro atoms. The van der Waals surface area contributed by atoms with Gasteiger partial charge in [0.2, 0.25) is 0 Å². The van der Waals surface area contributed by atoms with Gasteiger partial charge in [-0.1, -0.05) is 17.3 Å². The van der Waals surface area contributed by atoms with Crippen molar-refractivity contribution >= 4 is 11.0 Å². The Kier molecular flexibility index (Phi) is 2.77. The standard InChI is InChI=1S/C12H15N3O3/c1-7-3-2-4-8-12(7)13-14-15(8)11-5-9(17)10(6-16)18-11/h2-4,9-11,16-17H,5-6H2,1H3/t9-,10+,11+/m0/s1. The number of fused-ring (bicyclic) bond motifs is 1. The molecule has 0 saturated carbocycles. The number of hydrogen-bond donors (Lipinski definition) is 2. The Morgan fingerprint density at radius 1 is 1.50 bits per heavy atom. The van der Waals surface area contributed by atoms with Gasteiger partial charge in [0.15, 0.2) is 6.23 Å². The van der Waals surface area contributed by atoms with Gasteiger partial charge >= 0.3 is 0 Å². The van der Waals surface area contributed by atoms with Crippen molar-refractivity contribution in [1.82, 2.24) is 15.0 Å². The summed E-state index contributed by atoms with van der Waals surface area (Å²) >= 11 is 0. The van der Waals surface area contributed by atoms with Crippen molar-refractivity contribution in [1.29, 1.82) is 0 Å². The average Bonchev–Trinajstić information content (AvgIpc) is 2.93. The number of nitrogens with zero attached hydrogens (tertiary/aromatic N) is 3. The molecule has 3 rings (SSSR count). The Balaban J connectivity index is 1.99. The first kappa shape index (κ1) is 11.6. The van der Waals surface area contributed by atoms with Gasteiger partial charge in [0.05, 0.1) is 18.2 Å². The summed E-state index contributed by atoms with van der Waals surface area (Å²) in [5.41, 5.74) is 2.77. The Bertz CT molecular complexity index is 569. The van der Waals surface area contributed by atoms with Crippen LogP contribution in [-0.4, -0.2) is 44.0 Å². The van der Waals surface area contributed by atoms with E-state index in [1.807, 2.05) is 25.1 Å². The van der Waals surface area contributed by atoms with E-state index in [4.69, 9.17) is 9.84 Å². The van der Waals surface area contributed by atoms with Crippen LogP contribution in [0.3, 0.4) is 0 Å². The number of benzene rings is 1. The summed E-state index contributed by atoms with van der Waals surface area (Å²) in [6.07, 6.45) is -1.16. The number of rotatable bonds is 2. The molecule has 6 heteroatoms. The second-order valence-corrected chi connectivity index (χ2v) is 4.59. The second-order valence-electron chi connectivity index (χ2n) is 4.59. The van der Waals surface area contributed by atoms with Crippen LogP contribution in [-0.2, 0) is 4.74 Å². The van der Waals surface area contributed by atoms with E-state index >= 15 is 0 Å². The lowest BCUT2D eigenvalue weighted by molar-refractivity contribution is -0.0474. The summed E-state index contributed by atoms with van der Waals surface area (Å²) < 4.78 is 7.24. The number of aryl methyl sites for hydroxylation is 1. The first-order valence-electron chi connectivity index (χ1n) is 5.95. The molecule has 6 nitrogen and oxygen atoms in total. The van der Waals surface area contributed by atoms with Gasteiger partial charge in [0.25, 0.3) is 0 Å². The van der Waals surface area contributed by atoms with Gasteiger partial charge < -0.3 is 14.9 Å². The van der Waals surface area contributed by atoms with Gasteiger partial charge in [-0.05, 0) is 18.6 Å². The predicted octanol–water partition coefficient (Wildman–Crippen LogP) is 0.380. The van der Waals surface area contributed by atoms with Crippen LogP contribution in [0.1, 0.15) is 18.2 Å². The molecular formula is C12H15N3O3. The van der Waals surface area contributed by atoms with Crippen LogP contribution in [0.15, 0.2) is 18.2 Å². The lowest BCUT2D eigenvalue weighted by Crippen LogP contribution is -2.24. The van der Waals surface area contributed by atoms with Crippen molar-refractivity contribution in [3.8, 4) is 0 Å². The minimum Gasteiger partial charge on any atom is -0.394 e. The molecule has 0 radical (unpaired) electrons. The zero-order chi connectivity index (χ0) is 12.7. The lowest BCUT2D eigenvalue weighted by Gasteiger charge is -2.12. The third-order valence-corrected chi connectivity index (χ3v) is 3.36. The molecule has 1 aliphatic heterocycles. The van der Waals surface area contributed by atoms with E-state index in [-0.39, 0.29) is 12.8 Å². The van der Waals surface area contributed by atoms with Gasteiger partial charge in [-0.15, -0.1) is 5.10 Å². The number of ether oxygens (including phenoxy) is 1. The quantitative estimate of drug-likeness (QED) is 0.804. The van der Waals surface area contributed by atoms with Crippen LogP contribution >= 0.6 is 0 Å². The van der Waals surface area contributed by atoms with Crippen LogP contribution < -0.4 is 0 Å². The van der Waals surface area contributed by atoms with Crippen molar-refractivity contribution in [3.05, 3.63) is 23.8 Å². The maximum absolute atomic E-state index is 9.74. The topological polar surface area (TPSA) is 80.4 Å². The van der Waals surface area contributed by atoms with E-state index in [1.165, 1.54) is 0 Å². The minimum atomic E-state index is -0.663. The van der Waals surface area contributed by atoms with Gasteiger partial charge in [-0.2, -0.15) is 0 Å². The molecule has 1 aromatic carbocycles. The molecule has 0 bridgehead atoms. The molecule has 1 saturated heterocycles. The van der Waals surface area contributed by atoms with Crippen LogP contribution in [0.4, 0.5) is 0 Å². The number of hydrogen-bond acceptors (Lipinski definition) is 5. The molecular weight excluding hydrogens is 234 g/mol. The van der Waals surface area contributed by atoms with Crippen LogP contribution in [0.25, 0.3) is 11.0 Å². The first-order valence-corrected chi connectivity index (χ1v) is 5.95. The van der Waals surface area contributed by atoms with Crippen LogP contribution in [0, 0.1) is 6.92 Å². The predicted molar refractivity (Wildman–Crippen MR) is 63.9 cm³/mol. The molecule has 1 aromatic heterocycles. The van der Waals surface area contributed by atoms with E-state index in [0.29, 0.717) is 6.42 Å². The monoisotopic (exact) mass is 249 g/mol. The van der Waals surface area contributed by atoms with Crippen LogP contribution in [0.2, 0.25) is 0 Å². The van der Waals surface area contributed by atoms with Crippen molar-refractivity contribution in [2.45, 2.75) is 31.8 Å². The fraction of sp³-hybridized carbons (Fsp3) is 0.500. The number of aliphatic hydroxyl groups is 2. The highest BCUT2D eigenvalue weighted by atomic mass is 16.5. The first-order chi connectivity index (χ1) is 8.70. The molecule has 3 atom stereocenters. The maximum atomic E-state index is 9.74. The summed E-state index contributed by atoms with van der Waals surface area (Å²) in [5, 5.41) is 27.0. The van der Waals surface area contributed by atoms with E-state index in [0.717, 1.165) is 16.6 Å². The van der Waals surface area contributed by atoms with Crippen molar-refractivity contribution in [2.24, 2.45) is 0 Å². The van der Waals surface area contributed by atoms with Gasteiger partial charge in [0, 0.05) is 6.42 Å². The molecule has 1 aliphatic rings. The van der Waals surface area contributed by atoms with E-state index in [1.54, 1.807) is 4.68 Å². The molecule has 0 amide bonds. The largest absolute Gasteiger partial charge is 0.394 e. The Morgan fingerprint density at radius 2 is 2.33 bits per heavy atom. The number of aromatic nitrogens is 3. The zero-order valence-corrected chi connectivity index (χ0v) is 10.0. The summed E-state index contributed by atoms with van der Waals surface area (Å²) in [6, 6.07) is 5.83. The van der Waals surface area contributed by atoms with E-state index < -0.39 is 12.2 Å². The van der Waals surface area contributed by atoms with E-state index in [9.17, 15) is 5.11 Å². The minimum absolute atomic E-state index is 0.191. The number of aliphatic hydroxyl groups excluding tert-OH is 2. The molecule has 0 unspecified atom stereocenters. The SMILES string of the molecule is Cc1cccc2c1nnn2[C@H]1C[C@H](O)[C@@H](CO)O1. The molecule has 2 N–H and O–H groups in total. The fourth-order valence-corrected chi connectivity index (χ4v) is 2.34. The highest BCUT2D eigenvalue weighted by Crippen LogP contribution is 2.30. The highest BCUT2D eigenvalue weighted by Gasteiger charge is 2.35. The van der Waals surface area contributed by atoms with Crippen LogP contribution in [0.5, 0.6) is 0 Å². The highest BCUT2D eigenvalue weighted by molar-refractivity contribution is 5.77. The van der Waals surface area contributed by atoms with Crippen molar-refractivity contribution < 1.29 is 14.9 Å². The molecule has 2 aromatic rings. The average molecular weight is 249 g/mol. The van der Waals surface area contributed by atoms with Gasteiger partial charge in [0.1, 0.15) is 11.6 Å². The smallest absolute Gasteiger partial charge is 0.155 e. The molecule has 0 aliphatic carbocycles. The Morgan fingerprint density at radius 3 is 3.06 bits per heavy atom. The molecule has 1 fully saturated rings. The summed E-state index contributed by atoms with van der Waals surface area (Å²) in [4.78, 5) is 0. The fourth-order valence-electron chi connectivity index (χ4n) is 2.34. The second kappa shape index (κ2) is 4.31. The maximum Gasteiger partial charge on any atom is 0.155 e.